The quantitative estimate of drug-likeness (QED) is 0.321. The Morgan fingerprint density at radius 1 is 1.00 bits per heavy atom. The average molecular weight is 460 g/mol. The zero-order valence-corrected chi connectivity index (χ0v) is 18.8. The number of aromatic nitrogens is 4. The minimum Gasteiger partial charge on any atom is -0.361 e. The summed E-state index contributed by atoms with van der Waals surface area (Å²) in [6.07, 6.45) is 5.03. The molecule has 2 heterocycles. The minimum atomic E-state index is -0.750. The second-order valence-corrected chi connectivity index (χ2v) is 7.92. The van der Waals surface area contributed by atoms with E-state index in [-0.39, 0.29) is 17.7 Å². The number of para-hydroxylation sites is 1. The summed E-state index contributed by atoms with van der Waals surface area (Å²) in [5.41, 5.74) is 3.02. The van der Waals surface area contributed by atoms with Crippen LogP contribution in [0.4, 0.5) is 11.4 Å². The van der Waals surface area contributed by atoms with E-state index in [1.807, 2.05) is 30.5 Å². The van der Waals surface area contributed by atoms with Crippen molar-refractivity contribution in [2.45, 2.75) is 32.4 Å². The van der Waals surface area contributed by atoms with Crippen LogP contribution in [0.1, 0.15) is 25.5 Å². The molecule has 0 fully saturated rings. The smallest absolute Gasteiger partial charge is 0.249 e. The molecule has 0 spiro atoms. The molecule has 10 nitrogen and oxygen atoms in total. The van der Waals surface area contributed by atoms with Gasteiger partial charge in [-0.3, -0.25) is 14.4 Å². The second kappa shape index (κ2) is 9.99. The predicted molar refractivity (Wildman–Crippen MR) is 128 cm³/mol. The maximum absolute atomic E-state index is 13.0. The van der Waals surface area contributed by atoms with E-state index in [0.29, 0.717) is 17.8 Å². The number of fused-ring (bicyclic) bond motifs is 1. The highest BCUT2D eigenvalue weighted by molar-refractivity contribution is 5.98. The number of nitrogens with zero attached hydrogens (tertiary/aromatic N) is 3. The molecule has 10 heteroatoms. The molecule has 3 amide bonds. The molecule has 0 saturated heterocycles. The van der Waals surface area contributed by atoms with Gasteiger partial charge in [0, 0.05) is 41.8 Å². The van der Waals surface area contributed by atoms with Crippen molar-refractivity contribution < 1.29 is 14.4 Å². The molecule has 2 aromatic heterocycles. The normalized spacial score (nSPS) is 12.6. The number of anilines is 2. The van der Waals surface area contributed by atoms with E-state index in [2.05, 4.69) is 31.0 Å². The van der Waals surface area contributed by atoms with Crippen molar-refractivity contribution in [3.63, 3.8) is 0 Å². The molecule has 0 aliphatic heterocycles. The van der Waals surface area contributed by atoms with Crippen molar-refractivity contribution in [3.8, 4) is 0 Å². The van der Waals surface area contributed by atoms with Crippen LogP contribution in [0.3, 0.4) is 0 Å². The number of nitrogens with one attached hydrogen (secondary N) is 4. The van der Waals surface area contributed by atoms with Gasteiger partial charge in [0.05, 0.1) is 0 Å². The molecule has 0 aliphatic rings. The summed E-state index contributed by atoms with van der Waals surface area (Å²) in [6, 6.07) is 13.3. The molecule has 4 aromatic rings. The summed E-state index contributed by atoms with van der Waals surface area (Å²) in [7, 11) is 0. The Bertz CT molecular complexity index is 1300. The molecule has 2 atom stereocenters. The largest absolute Gasteiger partial charge is 0.361 e. The SMILES string of the molecule is CC(=O)N[C@H](Cc1c[nH]c2ccccc12)C(=O)Nc1ccc(NC(=O)[C@@H](C)n2cncn2)cc1. The average Bonchev–Trinajstić information content (AvgIpc) is 3.50. The standard InChI is InChI=1S/C24H25N7O3/c1-15(31-14-25-13-27-31)23(33)29-18-7-9-19(10-8-18)30-24(34)22(28-16(2)32)11-17-12-26-21-6-4-3-5-20(17)21/h3-10,12-15,22,26H,11H2,1-2H3,(H,28,32)(H,29,33)(H,30,34)/t15-,22-/m1/s1. The van der Waals surface area contributed by atoms with Crippen LogP contribution in [0.5, 0.6) is 0 Å². The first-order valence-corrected chi connectivity index (χ1v) is 10.8. The van der Waals surface area contributed by atoms with Crippen molar-refractivity contribution in [3.05, 3.63) is 72.9 Å². The van der Waals surface area contributed by atoms with Gasteiger partial charge < -0.3 is 20.9 Å². The van der Waals surface area contributed by atoms with E-state index >= 15 is 0 Å². The fraction of sp³-hybridized carbons (Fsp3) is 0.208. The number of hydrogen-bond acceptors (Lipinski definition) is 5. The Kier molecular flexibility index (Phi) is 6.67. The van der Waals surface area contributed by atoms with Crippen molar-refractivity contribution in [1.82, 2.24) is 25.1 Å². The lowest BCUT2D eigenvalue weighted by atomic mass is 10.0. The molecule has 0 aliphatic carbocycles. The predicted octanol–water partition coefficient (Wildman–Crippen LogP) is 2.65. The highest BCUT2D eigenvalue weighted by Crippen LogP contribution is 2.20. The Hall–Kier alpha value is -4.47. The van der Waals surface area contributed by atoms with E-state index in [9.17, 15) is 14.4 Å². The number of H-pyrrole nitrogens is 1. The molecule has 0 bridgehead atoms. The third-order valence-corrected chi connectivity index (χ3v) is 5.43. The summed E-state index contributed by atoms with van der Waals surface area (Å²) >= 11 is 0. The topological polar surface area (TPSA) is 134 Å². The molecule has 0 radical (unpaired) electrons. The van der Waals surface area contributed by atoms with Gasteiger partial charge in [0.2, 0.25) is 17.7 Å². The van der Waals surface area contributed by atoms with Crippen molar-refractivity contribution in [2.24, 2.45) is 0 Å². The number of amides is 3. The van der Waals surface area contributed by atoms with Crippen molar-refractivity contribution in [1.29, 1.82) is 0 Å². The van der Waals surface area contributed by atoms with Gasteiger partial charge in [-0.25, -0.2) is 9.67 Å². The van der Waals surface area contributed by atoms with Gasteiger partial charge >= 0.3 is 0 Å². The second-order valence-electron chi connectivity index (χ2n) is 7.92. The maximum atomic E-state index is 13.0. The lowest BCUT2D eigenvalue weighted by molar-refractivity contribution is -0.125. The number of carbonyl (C=O) groups is 3. The summed E-state index contributed by atoms with van der Waals surface area (Å²) in [5, 5.41) is 13.3. The molecule has 2 aromatic carbocycles. The number of aromatic amines is 1. The molecule has 34 heavy (non-hydrogen) atoms. The number of rotatable bonds is 8. The minimum absolute atomic E-state index is 0.244. The Morgan fingerprint density at radius 2 is 1.68 bits per heavy atom. The third kappa shape index (κ3) is 5.29. The molecule has 0 saturated carbocycles. The van der Waals surface area contributed by atoms with Crippen LogP contribution in [0, 0.1) is 0 Å². The van der Waals surface area contributed by atoms with Crippen LogP contribution in [0.25, 0.3) is 10.9 Å². The zero-order chi connectivity index (χ0) is 24.1. The van der Waals surface area contributed by atoms with Gasteiger partial charge in [0.25, 0.3) is 0 Å². The van der Waals surface area contributed by atoms with Crippen LogP contribution >= 0.6 is 0 Å². The third-order valence-electron chi connectivity index (χ3n) is 5.43. The number of hydrogen-bond donors (Lipinski definition) is 4. The summed E-state index contributed by atoms with van der Waals surface area (Å²) in [4.78, 5) is 44.1. The molecular formula is C24H25N7O3. The first-order valence-electron chi connectivity index (χ1n) is 10.8. The van der Waals surface area contributed by atoms with Crippen LogP contribution < -0.4 is 16.0 Å². The maximum Gasteiger partial charge on any atom is 0.249 e. The highest BCUT2D eigenvalue weighted by Gasteiger charge is 2.22. The van der Waals surface area contributed by atoms with E-state index < -0.39 is 12.1 Å². The van der Waals surface area contributed by atoms with Gasteiger partial charge in [-0.05, 0) is 42.8 Å². The monoisotopic (exact) mass is 459 g/mol. The van der Waals surface area contributed by atoms with Gasteiger partial charge in [-0.15, -0.1) is 0 Å². The van der Waals surface area contributed by atoms with Crippen LogP contribution in [-0.2, 0) is 20.8 Å². The van der Waals surface area contributed by atoms with Gasteiger partial charge in [-0.1, -0.05) is 18.2 Å². The van der Waals surface area contributed by atoms with Crippen LogP contribution in [-0.4, -0.2) is 43.5 Å². The Morgan fingerprint density at radius 3 is 2.32 bits per heavy atom. The van der Waals surface area contributed by atoms with Crippen LogP contribution in [0.15, 0.2) is 67.4 Å². The molecule has 0 unspecified atom stereocenters. The first kappa shape index (κ1) is 22.7. The van der Waals surface area contributed by atoms with Crippen LogP contribution in [0.2, 0.25) is 0 Å². The van der Waals surface area contributed by atoms with E-state index in [0.717, 1.165) is 16.5 Å². The summed E-state index contributed by atoms with van der Waals surface area (Å²) in [5.74, 6) is -0.872. The number of carbonyl (C=O) groups excluding carboxylic acids is 3. The lowest BCUT2D eigenvalue weighted by Crippen LogP contribution is -2.44. The van der Waals surface area contributed by atoms with Gasteiger partial charge in [-0.2, -0.15) is 5.10 Å². The Labute approximate surface area is 195 Å². The molecule has 174 valence electrons. The van der Waals surface area contributed by atoms with Crippen molar-refractivity contribution in [2.75, 3.05) is 10.6 Å². The van der Waals surface area contributed by atoms with E-state index in [1.165, 1.54) is 24.3 Å². The molecular weight excluding hydrogens is 434 g/mol. The zero-order valence-electron chi connectivity index (χ0n) is 18.8. The highest BCUT2D eigenvalue weighted by atomic mass is 16.2. The fourth-order valence-electron chi connectivity index (χ4n) is 3.63. The molecule has 4 rings (SSSR count). The molecule has 4 N–H and O–H groups in total. The van der Waals surface area contributed by atoms with Gasteiger partial charge in [0.15, 0.2) is 0 Å². The van der Waals surface area contributed by atoms with Gasteiger partial charge in [0.1, 0.15) is 24.7 Å². The fourth-order valence-corrected chi connectivity index (χ4v) is 3.63. The summed E-state index contributed by atoms with van der Waals surface area (Å²) < 4.78 is 1.46. The Balaban J connectivity index is 1.41. The first-order chi connectivity index (χ1) is 16.4. The number of benzene rings is 2. The van der Waals surface area contributed by atoms with E-state index in [4.69, 9.17) is 0 Å². The summed E-state index contributed by atoms with van der Waals surface area (Å²) in [6.45, 7) is 3.10. The van der Waals surface area contributed by atoms with Crippen molar-refractivity contribution >= 4 is 40.0 Å². The van der Waals surface area contributed by atoms with E-state index in [1.54, 1.807) is 31.2 Å². The lowest BCUT2D eigenvalue weighted by Gasteiger charge is -2.18.